The van der Waals surface area contributed by atoms with Gasteiger partial charge in [0.2, 0.25) is 0 Å². The summed E-state index contributed by atoms with van der Waals surface area (Å²) in [6.07, 6.45) is 10.4. The van der Waals surface area contributed by atoms with E-state index < -0.39 is 0 Å². The highest BCUT2D eigenvalue weighted by molar-refractivity contribution is 5.19. The van der Waals surface area contributed by atoms with E-state index in [1.54, 1.807) is 6.20 Å². The molecule has 1 aromatic rings. The Morgan fingerprint density at radius 3 is 2.85 bits per heavy atom. The molecule has 0 saturated heterocycles. The van der Waals surface area contributed by atoms with Crippen molar-refractivity contribution < 1.29 is 4.39 Å². The Bertz CT molecular complexity index is 408. The van der Waals surface area contributed by atoms with Gasteiger partial charge in [0.05, 0.1) is 6.20 Å². The van der Waals surface area contributed by atoms with Crippen molar-refractivity contribution in [2.24, 2.45) is 11.8 Å². The first-order valence-electron chi connectivity index (χ1n) is 8.10. The summed E-state index contributed by atoms with van der Waals surface area (Å²) in [5, 5.41) is 3.59. The van der Waals surface area contributed by atoms with Crippen LogP contribution < -0.4 is 5.32 Å². The molecule has 1 saturated carbocycles. The Balaban J connectivity index is 2.24. The van der Waals surface area contributed by atoms with Crippen molar-refractivity contribution in [3.8, 4) is 0 Å². The molecule has 0 bridgehead atoms. The van der Waals surface area contributed by atoms with E-state index in [2.05, 4.69) is 24.1 Å². The zero-order valence-corrected chi connectivity index (χ0v) is 12.7. The lowest BCUT2D eigenvalue weighted by Gasteiger charge is -2.37. The molecule has 1 heterocycles. The number of halogens is 1. The van der Waals surface area contributed by atoms with Crippen LogP contribution in [0.4, 0.5) is 4.39 Å². The van der Waals surface area contributed by atoms with Gasteiger partial charge in [-0.05, 0) is 37.3 Å². The maximum Gasteiger partial charge on any atom is 0.146 e. The number of hydrogen-bond acceptors (Lipinski definition) is 2. The molecule has 20 heavy (non-hydrogen) atoms. The quantitative estimate of drug-likeness (QED) is 0.830. The Morgan fingerprint density at radius 2 is 2.15 bits per heavy atom. The predicted octanol–water partition coefficient (Wildman–Crippen LogP) is 4.48. The van der Waals surface area contributed by atoms with Gasteiger partial charge in [-0.2, -0.15) is 0 Å². The van der Waals surface area contributed by atoms with Crippen LogP contribution in [0.5, 0.6) is 0 Å². The summed E-state index contributed by atoms with van der Waals surface area (Å²) in [5.41, 5.74) is 0.804. The van der Waals surface area contributed by atoms with Crippen LogP contribution in [0.15, 0.2) is 18.5 Å². The average Bonchev–Trinajstić information content (AvgIpc) is 2.49. The van der Waals surface area contributed by atoms with E-state index in [1.165, 1.54) is 38.3 Å². The number of nitrogens with one attached hydrogen (secondary N) is 1. The molecule has 3 unspecified atom stereocenters. The molecule has 0 aromatic carbocycles. The maximum atomic E-state index is 14.2. The smallest absolute Gasteiger partial charge is 0.146 e. The largest absolute Gasteiger partial charge is 0.310 e. The summed E-state index contributed by atoms with van der Waals surface area (Å²) >= 11 is 0. The molecule has 2 nitrogen and oxygen atoms in total. The normalized spacial score (nSPS) is 24.6. The van der Waals surface area contributed by atoms with Gasteiger partial charge in [-0.25, -0.2) is 4.39 Å². The van der Waals surface area contributed by atoms with Crippen LogP contribution in [-0.2, 0) is 0 Å². The number of pyridine rings is 1. The maximum absolute atomic E-state index is 14.2. The zero-order valence-electron chi connectivity index (χ0n) is 12.7. The zero-order chi connectivity index (χ0) is 14.4. The van der Waals surface area contributed by atoms with E-state index in [0.29, 0.717) is 11.8 Å². The lowest BCUT2D eigenvalue weighted by Crippen LogP contribution is -2.35. The van der Waals surface area contributed by atoms with Crippen LogP contribution in [0.3, 0.4) is 0 Å². The fraction of sp³-hybridized carbons (Fsp3) is 0.706. The Morgan fingerprint density at radius 1 is 1.35 bits per heavy atom. The Kier molecular flexibility index (Phi) is 5.96. The third-order valence-electron chi connectivity index (χ3n) is 4.67. The minimum Gasteiger partial charge on any atom is -0.310 e. The third-order valence-corrected chi connectivity index (χ3v) is 4.67. The molecule has 0 aliphatic heterocycles. The van der Waals surface area contributed by atoms with Crippen LogP contribution >= 0.6 is 0 Å². The molecule has 1 aromatic heterocycles. The van der Waals surface area contributed by atoms with Crippen molar-refractivity contribution in [1.29, 1.82) is 0 Å². The lowest BCUT2D eigenvalue weighted by atomic mass is 9.72. The molecule has 1 fully saturated rings. The molecule has 0 radical (unpaired) electrons. The summed E-state index contributed by atoms with van der Waals surface area (Å²) in [4.78, 5) is 3.89. The predicted molar refractivity (Wildman–Crippen MR) is 81.0 cm³/mol. The van der Waals surface area contributed by atoms with Gasteiger partial charge in [0.15, 0.2) is 0 Å². The highest BCUT2D eigenvalue weighted by Gasteiger charge is 2.32. The van der Waals surface area contributed by atoms with Gasteiger partial charge in [-0.3, -0.25) is 4.98 Å². The van der Waals surface area contributed by atoms with E-state index in [4.69, 9.17) is 0 Å². The molecule has 112 valence electrons. The molecule has 1 N–H and O–H groups in total. The van der Waals surface area contributed by atoms with Gasteiger partial charge < -0.3 is 5.32 Å². The summed E-state index contributed by atoms with van der Waals surface area (Å²) in [5.74, 6) is 1.10. The van der Waals surface area contributed by atoms with Gasteiger partial charge in [-0.1, -0.05) is 39.5 Å². The van der Waals surface area contributed by atoms with Crippen molar-refractivity contribution in [3.63, 3.8) is 0 Å². The topological polar surface area (TPSA) is 24.9 Å². The minimum atomic E-state index is -0.165. The van der Waals surface area contributed by atoms with Gasteiger partial charge in [0.25, 0.3) is 0 Å². The molecule has 2 rings (SSSR count). The highest BCUT2D eigenvalue weighted by atomic mass is 19.1. The fourth-order valence-electron chi connectivity index (χ4n) is 3.61. The minimum absolute atomic E-state index is 0.142. The van der Waals surface area contributed by atoms with E-state index in [9.17, 15) is 4.39 Å². The molecule has 1 aliphatic carbocycles. The molecule has 1 aliphatic rings. The molecule has 3 atom stereocenters. The first kappa shape index (κ1) is 15.4. The second-order valence-electron chi connectivity index (χ2n) is 5.95. The first-order valence-corrected chi connectivity index (χ1v) is 8.10. The number of rotatable bonds is 6. The van der Waals surface area contributed by atoms with Crippen molar-refractivity contribution >= 4 is 0 Å². The third kappa shape index (κ3) is 3.57. The molecule has 0 spiro atoms. The van der Waals surface area contributed by atoms with Crippen molar-refractivity contribution in [2.45, 2.75) is 58.4 Å². The molecule has 3 heteroatoms. The van der Waals surface area contributed by atoms with E-state index in [1.807, 2.05) is 6.07 Å². The average molecular weight is 278 g/mol. The molecular weight excluding hydrogens is 251 g/mol. The Labute approximate surface area is 122 Å². The van der Waals surface area contributed by atoms with Crippen molar-refractivity contribution in [3.05, 3.63) is 29.8 Å². The van der Waals surface area contributed by atoms with Crippen molar-refractivity contribution in [2.75, 3.05) is 6.54 Å². The summed E-state index contributed by atoms with van der Waals surface area (Å²) < 4.78 is 14.2. The van der Waals surface area contributed by atoms with Crippen LogP contribution in [0, 0.1) is 17.7 Å². The summed E-state index contributed by atoms with van der Waals surface area (Å²) in [6.45, 7) is 5.37. The summed E-state index contributed by atoms with van der Waals surface area (Å²) in [7, 11) is 0. The SMILES string of the molecule is CCCNC(c1ccncc1F)C1CCCCC1CC. The van der Waals surface area contributed by atoms with E-state index in [0.717, 1.165) is 18.5 Å². The van der Waals surface area contributed by atoms with Gasteiger partial charge in [-0.15, -0.1) is 0 Å². The highest BCUT2D eigenvalue weighted by Crippen LogP contribution is 2.40. The second kappa shape index (κ2) is 7.72. The lowest BCUT2D eigenvalue weighted by molar-refractivity contribution is 0.173. The van der Waals surface area contributed by atoms with Crippen LogP contribution in [0.1, 0.15) is 64.0 Å². The summed E-state index contributed by atoms with van der Waals surface area (Å²) in [6, 6.07) is 1.99. The van der Waals surface area contributed by atoms with Crippen LogP contribution in [-0.4, -0.2) is 11.5 Å². The molecule has 0 amide bonds. The first-order chi connectivity index (χ1) is 9.77. The standard InChI is InChI=1S/C17H27FN2/c1-3-10-20-17(15-9-11-19-12-16(15)18)14-8-6-5-7-13(14)4-2/h9,11-14,17,20H,3-8,10H2,1-2H3. The van der Waals surface area contributed by atoms with Gasteiger partial charge >= 0.3 is 0 Å². The van der Waals surface area contributed by atoms with Crippen LogP contribution in [0.25, 0.3) is 0 Å². The Hall–Kier alpha value is -0.960. The number of nitrogens with zero attached hydrogens (tertiary/aromatic N) is 1. The van der Waals surface area contributed by atoms with Gasteiger partial charge in [0.1, 0.15) is 5.82 Å². The molecular formula is C17H27FN2. The van der Waals surface area contributed by atoms with E-state index >= 15 is 0 Å². The van der Waals surface area contributed by atoms with Crippen molar-refractivity contribution in [1.82, 2.24) is 10.3 Å². The number of aromatic nitrogens is 1. The van der Waals surface area contributed by atoms with E-state index in [-0.39, 0.29) is 11.9 Å². The van der Waals surface area contributed by atoms with Gasteiger partial charge in [0, 0.05) is 17.8 Å². The monoisotopic (exact) mass is 278 g/mol. The van der Waals surface area contributed by atoms with Crippen LogP contribution in [0.2, 0.25) is 0 Å². The fourth-order valence-corrected chi connectivity index (χ4v) is 3.61. The second-order valence-corrected chi connectivity index (χ2v) is 5.95. The number of hydrogen-bond donors (Lipinski definition) is 1.